The molecule has 0 aromatic heterocycles. The van der Waals surface area contributed by atoms with Crippen molar-refractivity contribution >= 4 is 29.6 Å². The number of carboxylic acids is 1. The van der Waals surface area contributed by atoms with Crippen molar-refractivity contribution in [3.8, 4) is 0 Å². The Bertz CT molecular complexity index is 765. The van der Waals surface area contributed by atoms with Crippen molar-refractivity contribution in [2.45, 2.75) is 18.3 Å². The van der Waals surface area contributed by atoms with Gasteiger partial charge in [-0.3, -0.25) is 25.0 Å². The van der Waals surface area contributed by atoms with Crippen molar-refractivity contribution in [1.29, 1.82) is 0 Å². The van der Waals surface area contributed by atoms with Crippen LogP contribution in [-0.4, -0.2) is 74.1 Å². The van der Waals surface area contributed by atoms with E-state index in [1.807, 2.05) is 0 Å². The van der Waals surface area contributed by atoms with E-state index in [-0.39, 0.29) is 5.56 Å². The Morgan fingerprint density at radius 3 is 2.36 bits per heavy atom. The van der Waals surface area contributed by atoms with Crippen molar-refractivity contribution in [2.24, 2.45) is 0 Å². The summed E-state index contributed by atoms with van der Waals surface area (Å²) in [6.45, 7) is -0.660. The Hall–Kier alpha value is -3.16. The Morgan fingerprint density at radius 1 is 1.07 bits per heavy atom. The third-order valence-corrected chi connectivity index (χ3v) is 3.38. The molecule has 2 amide bonds. The molecule has 0 heterocycles. The van der Waals surface area contributed by atoms with Gasteiger partial charge in [-0.05, 0) is 23.8 Å². The fourth-order valence-electron chi connectivity index (χ4n) is 1.89. The van der Waals surface area contributed by atoms with Crippen LogP contribution >= 0.6 is 0 Å². The fraction of sp³-hybridized carbons (Fsp3) is 0.250. The number of aliphatic carboxylic acids is 1. The first-order valence-corrected chi connectivity index (χ1v) is 7.72. The number of hydrazine groups is 1. The number of hydrogen-bond acceptors (Lipinski definition) is 9. The Kier molecular flexibility index (Phi) is 8.87. The van der Waals surface area contributed by atoms with E-state index in [0.29, 0.717) is 5.56 Å². The van der Waals surface area contributed by atoms with Crippen molar-refractivity contribution in [3.05, 3.63) is 41.5 Å². The van der Waals surface area contributed by atoms with E-state index >= 15 is 0 Å². The van der Waals surface area contributed by atoms with Gasteiger partial charge in [0.1, 0.15) is 12.2 Å². The third kappa shape index (κ3) is 6.86. The van der Waals surface area contributed by atoms with Crippen molar-refractivity contribution in [2.75, 3.05) is 6.54 Å². The number of Topliss-reactive ketones (excluding diaryl/α,β-unsaturated/α-hetero) is 1. The second-order valence-corrected chi connectivity index (χ2v) is 5.43. The number of benzene rings is 1. The second kappa shape index (κ2) is 10.9. The molecule has 0 saturated heterocycles. The van der Waals surface area contributed by atoms with Gasteiger partial charge in [0.05, 0.1) is 6.54 Å². The number of carboxylic acid groups (broad SMARTS) is 1. The van der Waals surface area contributed by atoms with Crippen LogP contribution in [0, 0.1) is 0 Å². The van der Waals surface area contributed by atoms with Crippen LogP contribution in [0.3, 0.4) is 0 Å². The van der Waals surface area contributed by atoms with Crippen LogP contribution in [0.2, 0.25) is 0 Å². The van der Waals surface area contributed by atoms with Crippen LogP contribution in [0.5, 0.6) is 0 Å². The van der Waals surface area contributed by atoms with Gasteiger partial charge in [0.25, 0.3) is 11.8 Å². The monoisotopic (exact) mass is 397 g/mol. The van der Waals surface area contributed by atoms with Crippen LogP contribution in [-0.2, 0) is 14.4 Å². The maximum absolute atomic E-state index is 12.0. The average Bonchev–Trinajstić information content (AvgIpc) is 2.69. The van der Waals surface area contributed by atoms with Gasteiger partial charge in [0, 0.05) is 11.6 Å². The van der Waals surface area contributed by atoms with Crippen LogP contribution in [0.25, 0.3) is 6.08 Å². The Morgan fingerprint density at radius 2 is 1.75 bits per heavy atom. The third-order valence-electron chi connectivity index (χ3n) is 3.38. The maximum atomic E-state index is 12.0. The molecule has 0 aliphatic carbocycles. The summed E-state index contributed by atoms with van der Waals surface area (Å²) in [5.74, 6) is -4.31. The van der Waals surface area contributed by atoms with Crippen LogP contribution < -0.4 is 16.3 Å². The standard InChI is InChI=1S/C16H19N3O9/c20-10(12(22)13(23)14(24)16(26)27)7-17-18-15(25)9-3-1-2-8(6-9)4-5-11(21)19-28/h1-6,12-14,17,22-24,28H,7H2,(H,18,25)(H,19,21)(H,26,27)/b5-4+/t12-,13-,14+/m1/s1. The van der Waals surface area contributed by atoms with Crippen molar-refractivity contribution in [1.82, 2.24) is 16.3 Å². The van der Waals surface area contributed by atoms with Gasteiger partial charge in [-0.15, -0.1) is 0 Å². The lowest BCUT2D eigenvalue weighted by Gasteiger charge is -2.19. The number of ketones is 1. The van der Waals surface area contributed by atoms with Crippen molar-refractivity contribution < 1.29 is 44.8 Å². The highest BCUT2D eigenvalue weighted by atomic mass is 16.5. The van der Waals surface area contributed by atoms with Gasteiger partial charge in [0.15, 0.2) is 11.9 Å². The zero-order chi connectivity index (χ0) is 21.3. The minimum absolute atomic E-state index is 0.147. The number of nitrogens with one attached hydrogen (secondary N) is 3. The fourth-order valence-corrected chi connectivity index (χ4v) is 1.89. The Balaban J connectivity index is 2.58. The molecule has 0 spiro atoms. The lowest BCUT2D eigenvalue weighted by molar-refractivity contribution is -0.160. The number of carbonyl (C=O) groups is 4. The Labute approximate surface area is 158 Å². The SMILES string of the molecule is O=C(/C=C/c1cccc(C(=O)NNCC(=O)[C@@H](O)[C@@H](O)[C@H](O)C(=O)O)c1)NO. The molecule has 12 heteroatoms. The zero-order valence-corrected chi connectivity index (χ0v) is 14.3. The molecule has 1 rings (SSSR count). The smallest absolute Gasteiger partial charge is 0.335 e. The number of aliphatic hydroxyl groups excluding tert-OH is 3. The van der Waals surface area contributed by atoms with E-state index in [2.05, 4.69) is 10.9 Å². The lowest BCUT2D eigenvalue weighted by atomic mass is 10.0. The normalized spacial score (nSPS) is 14.1. The van der Waals surface area contributed by atoms with Gasteiger partial charge in [0.2, 0.25) is 0 Å². The predicted octanol–water partition coefficient (Wildman–Crippen LogP) is -2.82. The molecular formula is C16H19N3O9. The van der Waals surface area contributed by atoms with E-state index in [4.69, 9.17) is 15.4 Å². The largest absolute Gasteiger partial charge is 0.479 e. The molecule has 0 aliphatic rings. The van der Waals surface area contributed by atoms with E-state index in [0.717, 1.165) is 6.08 Å². The minimum Gasteiger partial charge on any atom is -0.479 e. The molecule has 8 N–H and O–H groups in total. The van der Waals surface area contributed by atoms with Crippen LogP contribution in [0.1, 0.15) is 15.9 Å². The van der Waals surface area contributed by atoms with Gasteiger partial charge in [-0.2, -0.15) is 0 Å². The first-order valence-electron chi connectivity index (χ1n) is 7.72. The molecule has 28 heavy (non-hydrogen) atoms. The summed E-state index contributed by atoms with van der Waals surface area (Å²) in [4.78, 5) is 45.1. The van der Waals surface area contributed by atoms with Gasteiger partial charge in [-0.25, -0.2) is 15.7 Å². The molecular weight excluding hydrogens is 378 g/mol. The molecule has 0 radical (unpaired) electrons. The summed E-state index contributed by atoms with van der Waals surface area (Å²) in [6, 6.07) is 5.94. The lowest BCUT2D eigenvalue weighted by Crippen LogP contribution is -2.50. The van der Waals surface area contributed by atoms with E-state index in [9.17, 15) is 29.4 Å². The molecule has 0 fully saturated rings. The molecule has 0 saturated carbocycles. The topological polar surface area (TPSA) is 206 Å². The highest BCUT2D eigenvalue weighted by Crippen LogP contribution is 2.07. The molecule has 0 aliphatic heterocycles. The summed E-state index contributed by atoms with van der Waals surface area (Å²) in [5.41, 5.74) is 6.38. The predicted molar refractivity (Wildman–Crippen MR) is 91.5 cm³/mol. The highest BCUT2D eigenvalue weighted by molar-refractivity contribution is 5.95. The maximum Gasteiger partial charge on any atom is 0.335 e. The second-order valence-electron chi connectivity index (χ2n) is 5.43. The van der Waals surface area contributed by atoms with Crippen molar-refractivity contribution in [3.63, 3.8) is 0 Å². The van der Waals surface area contributed by atoms with E-state index < -0.39 is 48.4 Å². The first-order chi connectivity index (χ1) is 13.2. The highest BCUT2D eigenvalue weighted by Gasteiger charge is 2.34. The number of rotatable bonds is 10. The first kappa shape index (κ1) is 22.9. The summed E-state index contributed by atoms with van der Waals surface area (Å²) in [7, 11) is 0. The van der Waals surface area contributed by atoms with E-state index in [1.54, 1.807) is 6.07 Å². The summed E-state index contributed by atoms with van der Waals surface area (Å²) < 4.78 is 0. The average molecular weight is 397 g/mol. The van der Waals surface area contributed by atoms with Gasteiger partial charge in [-0.1, -0.05) is 12.1 Å². The molecule has 3 atom stereocenters. The van der Waals surface area contributed by atoms with Gasteiger partial charge >= 0.3 is 5.97 Å². The van der Waals surface area contributed by atoms with Crippen LogP contribution in [0.15, 0.2) is 30.3 Å². The minimum atomic E-state index is -2.35. The number of hydrogen-bond donors (Lipinski definition) is 8. The quantitative estimate of drug-likeness (QED) is 0.115. The summed E-state index contributed by atoms with van der Waals surface area (Å²) >= 11 is 0. The zero-order valence-electron chi connectivity index (χ0n) is 14.3. The number of amides is 2. The van der Waals surface area contributed by atoms with Crippen LogP contribution in [0.4, 0.5) is 0 Å². The molecule has 152 valence electrons. The molecule has 1 aromatic rings. The van der Waals surface area contributed by atoms with E-state index in [1.165, 1.54) is 29.8 Å². The molecule has 0 unspecified atom stereocenters. The number of carbonyl (C=O) groups excluding carboxylic acids is 3. The number of aliphatic hydroxyl groups is 3. The van der Waals surface area contributed by atoms with Gasteiger partial charge < -0.3 is 20.4 Å². The summed E-state index contributed by atoms with van der Waals surface area (Å²) in [6.07, 6.45) is -4.39. The molecule has 12 nitrogen and oxygen atoms in total. The number of hydroxylamine groups is 1. The summed E-state index contributed by atoms with van der Waals surface area (Å²) in [5, 5.41) is 44.9. The molecule has 0 bridgehead atoms. The molecule has 1 aromatic carbocycles.